The van der Waals surface area contributed by atoms with Crippen LogP contribution >= 0.6 is 0 Å². The number of benzene rings is 2. The number of carboxylic acid groups (broad SMARTS) is 1. The van der Waals surface area contributed by atoms with Crippen LogP contribution in [0.2, 0.25) is 0 Å². The van der Waals surface area contributed by atoms with Crippen LogP contribution in [0.3, 0.4) is 0 Å². The second-order valence-corrected chi connectivity index (χ2v) is 5.97. The average Bonchev–Trinajstić information content (AvgIpc) is 2.34. The lowest BCUT2D eigenvalue weighted by molar-refractivity contribution is -0.314. The highest BCUT2D eigenvalue weighted by Crippen LogP contribution is 2.44. The molecule has 1 aliphatic carbocycles. The van der Waals surface area contributed by atoms with E-state index in [0.29, 0.717) is 0 Å². The number of Topliss-reactive ketones (excluding diaryl/α,β-unsaturated/α-hetero) is 1. The van der Waals surface area contributed by atoms with Crippen molar-refractivity contribution in [2.75, 3.05) is 0 Å². The monoisotopic (exact) mass is 317 g/mol. The van der Waals surface area contributed by atoms with Crippen molar-refractivity contribution in [1.82, 2.24) is 0 Å². The summed E-state index contributed by atoms with van der Waals surface area (Å²) >= 11 is 0. The molecule has 0 heterocycles. The summed E-state index contributed by atoms with van der Waals surface area (Å²) in [5.41, 5.74) is -1.91. The summed E-state index contributed by atoms with van der Waals surface area (Å²) in [5, 5.41) is 51.4. The number of rotatable bonds is 1. The zero-order valence-electron chi connectivity index (χ0n) is 12.0. The first-order valence-electron chi connectivity index (χ1n) is 6.81. The van der Waals surface area contributed by atoms with E-state index in [9.17, 15) is 35.1 Å². The van der Waals surface area contributed by atoms with Gasteiger partial charge in [0.25, 0.3) is 0 Å². The lowest BCUT2D eigenvalue weighted by atomic mass is 9.71. The molecule has 0 aliphatic heterocycles. The van der Waals surface area contributed by atoms with Gasteiger partial charge in [-0.1, -0.05) is 0 Å². The molecule has 1 aliphatic rings. The minimum absolute atomic E-state index is 0.0754. The Morgan fingerprint density at radius 2 is 1.91 bits per heavy atom. The van der Waals surface area contributed by atoms with E-state index in [1.165, 1.54) is 19.1 Å². The molecule has 2 aromatic rings. The SMILES string of the molecule is C[C@@]1(O)Cc2cc3cc(O)cc(O)c3c(O)c2C(=O)C1C(=O)[O-]. The van der Waals surface area contributed by atoms with Gasteiger partial charge in [0.2, 0.25) is 0 Å². The van der Waals surface area contributed by atoms with Crippen molar-refractivity contribution in [3.63, 3.8) is 0 Å². The largest absolute Gasteiger partial charge is 0.549 e. The Bertz CT molecular complexity index is 867. The molecule has 0 bridgehead atoms. The zero-order valence-corrected chi connectivity index (χ0v) is 12.0. The van der Waals surface area contributed by atoms with Crippen molar-refractivity contribution in [2.45, 2.75) is 18.9 Å². The molecule has 0 radical (unpaired) electrons. The van der Waals surface area contributed by atoms with E-state index in [1.54, 1.807) is 0 Å². The van der Waals surface area contributed by atoms with E-state index in [0.717, 1.165) is 6.07 Å². The topological polar surface area (TPSA) is 138 Å². The lowest BCUT2D eigenvalue weighted by Gasteiger charge is -2.37. The van der Waals surface area contributed by atoms with Crippen LogP contribution in [0.1, 0.15) is 22.8 Å². The van der Waals surface area contributed by atoms with E-state index in [1.807, 2.05) is 0 Å². The Hall–Kier alpha value is -2.80. The van der Waals surface area contributed by atoms with Crippen molar-refractivity contribution in [2.24, 2.45) is 5.92 Å². The Morgan fingerprint density at radius 1 is 1.26 bits per heavy atom. The molecular weight excluding hydrogens is 304 g/mol. The van der Waals surface area contributed by atoms with Gasteiger partial charge in [0, 0.05) is 12.5 Å². The van der Waals surface area contributed by atoms with E-state index in [2.05, 4.69) is 0 Å². The van der Waals surface area contributed by atoms with Gasteiger partial charge in [-0.25, -0.2) is 0 Å². The van der Waals surface area contributed by atoms with Crippen LogP contribution in [0.25, 0.3) is 10.8 Å². The molecule has 2 atom stereocenters. The maximum atomic E-state index is 12.4. The van der Waals surface area contributed by atoms with E-state index in [-0.39, 0.29) is 34.1 Å². The van der Waals surface area contributed by atoms with Crippen LogP contribution < -0.4 is 5.11 Å². The van der Waals surface area contributed by atoms with Crippen LogP contribution in [0.4, 0.5) is 0 Å². The quantitative estimate of drug-likeness (QED) is 0.535. The zero-order chi connectivity index (χ0) is 17.1. The van der Waals surface area contributed by atoms with Crippen molar-refractivity contribution in [3.8, 4) is 17.2 Å². The molecule has 120 valence electrons. The Balaban J connectivity index is 2.36. The molecule has 1 unspecified atom stereocenters. The summed E-state index contributed by atoms with van der Waals surface area (Å²) < 4.78 is 0. The molecule has 3 rings (SSSR count). The molecule has 0 saturated carbocycles. The predicted molar refractivity (Wildman–Crippen MR) is 76.1 cm³/mol. The molecular formula is C16H13O7-. The van der Waals surface area contributed by atoms with Crippen molar-refractivity contribution in [1.29, 1.82) is 0 Å². The molecule has 2 aromatic carbocycles. The van der Waals surface area contributed by atoms with Crippen LogP contribution in [-0.2, 0) is 11.2 Å². The summed E-state index contributed by atoms with van der Waals surface area (Å²) in [6.07, 6.45) is -0.202. The minimum atomic E-state index is -1.87. The third-order valence-corrected chi connectivity index (χ3v) is 4.17. The highest BCUT2D eigenvalue weighted by molar-refractivity contribution is 6.15. The van der Waals surface area contributed by atoms with Gasteiger partial charge in [-0.3, -0.25) is 4.79 Å². The summed E-state index contributed by atoms with van der Waals surface area (Å²) in [5.74, 6) is -5.81. The van der Waals surface area contributed by atoms with Crippen molar-refractivity contribution < 1.29 is 35.1 Å². The van der Waals surface area contributed by atoms with Crippen LogP contribution in [-0.4, -0.2) is 37.8 Å². The van der Waals surface area contributed by atoms with Gasteiger partial charge >= 0.3 is 0 Å². The predicted octanol–water partition coefficient (Wildman–Crippen LogP) is -0.187. The second kappa shape index (κ2) is 4.60. The molecule has 0 fully saturated rings. The number of phenols is 3. The summed E-state index contributed by atoms with van der Waals surface area (Å²) in [7, 11) is 0. The number of hydrogen-bond acceptors (Lipinski definition) is 7. The molecule has 0 spiro atoms. The van der Waals surface area contributed by atoms with Crippen LogP contribution in [0.5, 0.6) is 17.2 Å². The average molecular weight is 317 g/mol. The van der Waals surface area contributed by atoms with Crippen molar-refractivity contribution >= 4 is 22.5 Å². The fourth-order valence-electron chi connectivity index (χ4n) is 3.23. The Morgan fingerprint density at radius 3 is 2.52 bits per heavy atom. The van der Waals surface area contributed by atoms with Gasteiger partial charge in [0.15, 0.2) is 5.78 Å². The third-order valence-electron chi connectivity index (χ3n) is 4.17. The molecule has 0 aromatic heterocycles. The van der Waals surface area contributed by atoms with Gasteiger partial charge in [-0.15, -0.1) is 0 Å². The maximum Gasteiger partial charge on any atom is 0.178 e. The molecule has 0 saturated heterocycles. The molecule has 7 nitrogen and oxygen atoms in total. The van der Waals surface area contributed by atoms with Gasteiger partial charge in [-0.05, 0) is 30.0 Å². The number of phenolic OH excluding ortho intramolecular Hbond substituents is 3. The fraction of sp³-hybridized carbons (Fsp3) is 0.250. The number of ketones is 1. The number of aliphatic hydroxyl groups is 1. The smallest absolute Gasteiger partial charge is 0.178 e. The van der Waals surface area contributed by atoms with Gasteiger partial charge in [0.1, 0.15) is 17.2 Å². The molecule has 23 heavy (non-hydrogen) atoms. The number of fused-ring (bicyclic) bond motifs is 2. The molecule has 7 heteroatoms. The number of carbonyl (C=O) groups excluding carboxylic acids is 2. The van der Waals surface area contributed by atoms with Crippen LogP contribution in [0.15, 0.2) is 18.2 Å². The fourth-order valence-corrected chi connectivity index (χ4v) is 3.23. The molecule has 4 N–H and O–H groups in total. The highest BCUT2D eigenvalue weighted by atomic mass is 16.4. The number of hydrogen-bond donors (Lipinski definition) is 4. The maximum absolute atomic E-state index is 12.4. The first kappa shape index (κ1) is 15.1. The van der Waals surface area contributed by atoms with Gasteiger partial charge in [-0.2, -0.15) is 0 Å². The summed E-state index contributed by atoms with van der Waals surface area (Å²) in [6, 6.07) is 3.69. The third kappa shape index (κ3) is 2.08. The Labute approximate surface area is 130 Å². The first-order chi connectivity index (χ1) is 10.6. The Kier molecular flexibility index (Phi) is 3.02. The van der Waals surface area contributed by atoms with Crippen molar-refractivity contribution in [3.05, 3.63) is 29.3 Å². The van der Waals surface area contributed by atoms with Gasteiger partial charge in [0.05, 0.1) is 28.4 Å². The highest BCUT2D eigenvalue weighted by Gasteiger charge is 2.45. The normalized spacial score (nSPS) is 23.7. The molecule has 0 amide bonds. The van der Waals surface area contributed by atoms with Gasteiger partial charge < -0.3 is 30.3 Å². The van der Waals surface area contributed by atoms with E-state index in [4.69, 9.17) is 0 Å². The first-order valence-corrected chi connectivity index (χ1v) is 6.81. The second-order valence-electron chi connectivity index (χ2n) is 5.97. The van der Waals surface area contributed by atoms with E-state index < -0.39 is 34.8 Å². The summed E-state index contributed by atoms with van der Waals surface area (Å²) in [4.78, 5) is 23.7. The lowest BCUT2D eigenvalue weighted by Crippen LogP contribution is -2.54. The summed E-state index contributed by atoms with van der Waals surface area (Å²) in [6.45, 7) is 1.20. The number of aliphatic carboxylic acids is 1. The van der Waals surface area contributed by atoms with Crippen LogP contribution in [0, 0.1) is 5.92 Å². The number of carboxylic acids is 1. The number of aromatic hydroxyl groups is 3. The minimum Gasteiger partial charge on any atom is -0.549 e. The number of carbonyl (C=O) groups is 2. The standard InChI is InChI=1S/C16H14O7/c1-16(23)5-7-2-6-3-8(17)4-9(18)10(6)13(19)11(7)14(20)12(16)15(21)22/h2-4,12,17-19,23H,5H2,1H3,(H,21,22)/p-1/t12?,16-/m1/s1. The van der Waals surface area contributed by atoms with E-state index >= 15 is 0 Å².